The van der Waals surface area contributed by atoms with Gasteiger partial charge in [0.1, 0.15) is 0 Å². The fourth-order valence-corrected chi connectivity index (χ4v) is 2.97. The second kappa shape index (κ2) is 5.14. The van der Waals surface area contributed by atoms with E-state index in [1.807, 2.05) is 12.1 Å². The van der Waals surface area contributed by atoms with Crippen molar-refractivity contribution in [3.8, 4) is 0 Å². The SMILES string of the molecule is Nc1nc2ccc(C(=O)NC3CCOCC3)cc2s1. The number of nitrogen functional groups attached to an aromatic ring is 1. The summed E-state index contributed by atoms with van der Waals surface area (Å²) in [6.45, 7) is 1.44. The fourth-order valence-electron chi connectivity index (χ4n) is 2.19. The molecule has 19 heavy (non-hydrogen) atoms. The first-order chi connectivity index (χ1) is 9.22. The number of carbonyl (C=O) groups excluding carboxylic acids is 1. The molecule has 0 radical (unpaired) electrons. The topological polar surface area (TPSA) is 77.2 Å². The maximum absolute atomic E-state index is 12.2. The highest BCUT2D eigenvalue weighted by atomic mass is 32.1. The van der Waals surface area contributed by atoms with Crippen LogP contribution in [0.15, 0.2) is 18.2 Å². The molecular formula is C13H15N3O2S. The summed E-state index contributed by atoms with van der Waals surface area (Å²) < 4.78 is 6.22. The molecule has 1 aromatic carbocycles. The van der Waals surface area contributed by atoms with E-state index < -0.39 is 0 Å². The highest BCUT2D eigenvalue weighted by Gasteiger charge is 2.17. The average molecular weight is 277 g/mol. The summed E-state index contributed by atoms with van der Waals surface area (Å²) in [5, 5.41) is 3.57. The summed E-state index contributed by atoms with van der Waals surface area (Å²) in [5.74, 6) is -0.0410. The Kier molecular flexibility index (Phi) is 3.35. The number of hydrogen-bond acceptors (Lipinski definition) is 5. The Morgan fingerprint density at radius 2 is 2.21 bits per heavy atom. The van der Waals surface area contributed by atoms with Gasteiger partial charge in [0, 0.05) is 24.8 Å². The standard InChI is InChI=1S/C13H15N3O2S/c14-13-16-10-2-1-8(7-11(10)19-13)12(17)15-9-3-5-18-6-4-9/h1-2,7,9H,3-6H2,(H2,14,16)(H,15,17). The maximum atomic E-state index is 12.2. The van der Waals surface area contributed by atoms with Crippen LogP contribution in [0.3, 0.4) is 0 Å². The number of nitrogens with zero attached hydrogens (tertiary/aromatic N) is 1. The molecule has 0 unspecified atom stereocenters. The van der Waals surface area contributed by atoms with E-state index >= 15 is 0 Å². The Morgan fingerprint density at radius 3 is 3.00 bits per heavy atom. The quantitative estimate of drug-likeness (QED) is 0.877. The fraction of sp³-hybridized carbons (Fsp3) is 0.385. The van der Waals surface area contributed by atoms with Crippen LogP contribution in [0.2, 0.25) is 0 Å². The van der Waals surface area contributed by atoms with E-state index in [0.29, 0.717) is 10.7 Å². The number of carbonyl (C=O) groups is 1. The number of ether oxygens (including phenoxy) is 1. The number of aromatic nitrogens is 1. The maximum Gasteiger partial charge on any atom is 0.251 e. The molecule has 0 atom stereocenters. The molecule has 0 aliphatic carbocycles. The van der Waals surface area contributed by atoms with Gasteiger partial charge in [-0.3, -0.25) is 4.79 Å². The Labute approximate surface area is 114 Å². The molecule has 1 aliphatic rings. The van der Waals surface area contributed by atoms with Crippen molar-refractivity contribution in [1.82, 2.24) is 10.3 Å². The first kappa shape index (κ1) is 12.4. The smallest absolute Gasteiger partial charge is 0.251 e. The molecule has 0 bridgehead atoms. The summed E-state index contributed by atoms with van der Waals surface area (Å²) in [6.07, 6.45) is 1.75. The molecule has 6 heteroatoms. The van der Waals surface area contributed by atoms with Crippen LogP contribution in [0.25, 0.3) is 10.2 Å². The molecule has 1 fully saturated rings. The van der Waals surface area contributed by atoms with Gasteiger partial charge in [-0.1, -0.05) is 11.3 Å². The second-order valence-electron chi connectivity index (χ2n) is 4.59. The Morgan fingerprint density at radius 1 is 1.42 bits per heavy atom. The van der Waals surface area contributed by atoms with Crippen molar-refractivity contribution in [1.29, 1.82) is 0 Å². The van der Waals surface area contributed by atoms with Gasteiger partial charge in [-0.2, -0.15) is 0 Å². The van der Waals surface area contributed by atoms with Crippen molar-refractivity contribution in [3.05, 3.63) is 23.8 Å². The number of fused-ring (bicyclic) bond motifs is 1. The Hall–Kier alpha value is -1.66. The van der Waals surface area contributed by atoms with Crippen LogP contribution < -0.4 is 11.1 Å². The number of nitrogens with two attached hydrogens (primary N) is 1. The van der Waals surface area contributed by atoms with Crippen LogP contribution >= 0.6 is 11.3 Å². The minimum absolute atomic E-state index is 0.0410. The predicted octanol–water partition coefficient (Wildman–Crippen LogP) is 1.79. The van der Waals surface area contributed by atoms with Gasteiger partial charge in [0.15, 0.2) is 5.13 Å². The normalized spacial score (nSPS) is 16.6. The van der Waals surface area contributed by atoms with Crippen LogP contribution in [0.1, 0.15) is 23.2 Å². The lowest BCUT2D eigenvalue weighted by atomic mass is 10.1. The van der Waals surface area contributed by atoms with Gasteiger partial charge in [-0.25, -0.2) is 4.98 Å². The van der Waals surface area contributed by atoms with Crippen LogP contribution in [0.4, 0.5) is 5.13 Å². The molecule has 3 rings (SSSR count). The van der Waals surface area contributed by atoms with Gasteiger partial charge in [-0.05, 0) is 31.0 Å². The lowest BCUT2D eigenvalue weighted by Gasteiger charge is -2.23. The van der Waals surface area contributed by atoms with Gasteiger partial charge in [-0.15, -0.1) is 0 Å². The molecule has 1 saturated heterocycles. The number of nitrogens with one attached hydrogen (secondary N) is 1. The second-order valence-corrected chi connectivity index (χ2v) is 5.66. The highest BCUT2D eigenvalue weighted by Crippen LogP contribution is 2.24. The van der Waals surface area contributed by atoms with E-state index in [1.54, 1.807) is 6.07 Å². The first-order valence-corrected chi connectivity index (χ1v) is 7.09. The van der Waals surface area contributed by atoms with Gasteiger partial charge >= 0.3 is 0 Å². The van der Waals surface area contributed by atoms with Crippen molar-refractivity contribution in [2.45, 2.75) is 18.9 Å². The largest absolute Gasteiger partial charge is 0.381 e. The molecule has 2 aromatic rings. The minimum Gasteiger partial charge on any atom is -0.381 e. The Balaban J connectivity index is 1.76. The molecule has 1 aliphatic heterocycles. The van der Waals surface area contributed by atoms with E-state index in [-0.39, 0.29) is 11.9 Å². The van der Waals surface area contributed by atoms with E-state index in [4.69, 9.17) is 10.5 Å². The molecule has 2 heterocycles. The predicted molar refractivity (Wildman–Crippen MR) is 75.3 cm³/mol. The Bertz CT molecular complexity index is 605. The van der Waals surface area contributed by atoms with Crippen molar-refractivity contribution in [3.63, 3.8) is 0 Å². The molecule has 0 spiro atoms. The van der Waals surface area contributed by atoms with E-state index in [0.717, 1.165) is 36.3 Å². The van der Waals surface area contributed by atoms with Crippen LogP contribution in [0.5, 0.6) is 0 Å². The summed E-state index contributed by atoms with van der Waals surface area (Å²) in [5.41, 5.74) is 7.15. The van der Waals surface area contributed by atoms with E-state index in [9.17, 15) is 4.79 Å². The summed E-state index contributed by atoms with van der Waals surface area (Å²) in [4.78, 5) is 16.3. The number of rotatable bonds is 2. The van der Waals surface area contributed by atoms with Crippen molar-refractivity contribution >= 4 is 32.6 Å². The molecule has 3 N–H and O–H groups in total. The van der Waals surface area contributed by atoms with E-state index in [1.165, 1.54) is 11.3 Å². The summed E-state index contributed by atoms with van der Waals surface area (Å²) in [6, 6.07) is 5.68. The van der Waals surface area contributed by atoms with E-state index in [2.05, 4.69) is 10.3 Å². The lowest BCUT2D eigenvalue weighted by Crippen LogP contribution is -2.38. The van der Waals surface area contributed by atoms with Crippen LogP contribution in [0, 0.1) is 0 Å². The average Bonchev–Trinajstić information content (AvgIpc) is 2.78. The third-order valence-corrected chi connectivity index (χ3v) is 4.07. The van der Waals surface area contributed by atoms with Gasteiger partial charge in [0.2, 0.25) is 0 Å². The zero-order chi connectivity index (χ0) is 13.2. The molecule has 0 saturated carbocycles. The monoisotopic (exact) mass is 277 g/mol. The summed E-state index contributed by atoms with van der Waals surface area (Å²) >= 11 is 1.40. The number of amides is 1. The van der Waals surface area contributed by atoms with Crippen LogP contribution in [-0.2, 0) is 4.74 Å². The van der Waals surface area contributed by atoms with Gasteiger partial charge in [0.05, 0.1) is 10.2 Å². The van der Waals surface area contributed by atoms with Gasteiger partial charge < -0.3 is 15.8 Å². The number of thiazole rings is 1. The van der Waals surface area contributed by atoms with Crippen molar-refractivity contribution < 1.29 is 9.53 Å². The van der Waals surface area contributed by atoms with Gasteiger partial charge in [0.25, 0.3) is 5.91 Å². The minimum atomic E-state index is -0.0410. The third-order valence-electron chi connectivity index (χ3n) is 3.22. The van der Waals surface area contributed by atoms with Crippen molar-refractivity contribution in [2.75, 3.05) is 18.9 Å². The summed E-state index contributed by atoms with van der Waals surface area (Å²) in [7, 11) is 0. The van der Waals surface area contributed by atoms with Crippen LogP contribution in [-0.4, -0.2) is 30.1 Å². The zero-order valence-corrected chi connectivity index (χ0v) is 11.2. The third kappa shape index (κ3) is 2.69. The molecule has 1 aromatic heterocycles. The number of anilines is 1. The first-order valence-electron chi connectivity index (χ1n) is 6.27. The number of benzene rings is 1. The lowest BCUT2D eigenvalue weighted by molar-refractivity contribution is 0.0696. The molecule has 100 valence electrons. The molecule has 1 amide bonds. The molecular weight excluding hydrogens is 262 g/mol. The highest BCUT2D eigenvalue weighted by molar-refractivity contribution is 7.22. The zero-order valence-electron chi connectivity index (χ0n) is 10.4. The van der Waals surface area contributed by atoms with Crippen molar-refractivity contribution in [2.24, 2.45) is 0 Å². The number of hydrogen-bond donors (Lipinski definition) is 2. The molecule has 5 nitrogen and oxygen atoms in total.